The molecule has 3 N–H and O–H groups in total. The summed E-state index contributed by atoms with van der Waals surface area (Å²) in [6, 6.07) is 3.24. The van der Waals surface area contributed by atoms with Crippen molar-refractivity contribution >= 4 is 44.6 Å². The topological polar surface area (TPSA) is 95.2 Å². The van der Waals surface area contributed by atoms with Gasteiger partial charge in [0, 0.05) is 35.9 Å². The molecule has 0 radical (unpaired) electrons. The van der Waals surface area contributed by atoms with E-state index >= 15 is 0 Å². The van der Waals surface area contributed by atoms with Gasteiger partial charge in [0.15, 0.2) is 0 Å². The molecule has 2 aromatic heterocycles. The van der Waals surface area contributed by atoms with Crippen LogP contribution >= 0.6 is 15.9 Å². The Bertz CT molecular complexity index is 1180. The summed E-state index contributed by atoms with van der Waals surface area (Å²) in [4.78, 5) is 24.9. The summed E-state index contributed by atoms with van der Waals surface area (Å²) in [6.07, 6.45) is -1.14. The number of anilines is 2. The first-order valence-corrected chi connectivity index (χ1v) is 11.0. The Kier molecular flexibility index (Phi) is 6.48. The molecule has 0 saturated carbocycles. The number of likely N-dealkylation sites (N-methyl/N-ethyl adjacent to an activating group) is 1. The molecule has 0 aliphatic carbocycles. The summed E-state index contributed by atoms with van der Waals surface area (Å²) in [7, 11) is 3.24. The third-order valence-electron chi connectivity index (χ3n) is 5.52. The lowest BCUT2D eigenvalue weighted by atomic mass is 10.1. The monoisotopic (exact) mass is 526 g/mol. The first-order chi connectivity index (χ1) is 15.7. The Labute approximate surface area is 196 Å². The summed E-state index contributed by atoms with van der Waals surface area (Å²) < 4.78 is 46.5. The first-order valence-electron chi connectivity index (χ1n) is 10.2. The molecule has 3 heterocycles. The number of alkyl halides is 3. The fourth-order valence-corrected chi connectivity index (χ4v) is 4.51. The van der Waals surface area contributed by atoms with E-state index < -0.39 is 17.8 Å². The number of halogens is 4. The van der Waals surface area contributed by atoms with Gasteiger partial charge in [-0.05, 0) is 48.4 Å². The minimum absolute atomic E-state index is 0.0532. The number of nitrogens with one attached hydrogen (secondary N) is 3. The zero-order valence-corrected chi connectivity index (χ0v) is 19.5. The number of piperidine rings is 1. The third kappa shape index (κ3) is 4.91. The maximum atomic E-state index is 13.8. The van der Waals surface area contributed by atoms with E-state index in [1.807, 2.05) is 7.05 Å². The number of nitrogens with zero attached hydrogens (tertiary/aromatic N) is 3. The van der Waals surface area contributed by atoms with Crippen LogP contribution < -0.4 is 10.6 Å². The van der Waals surface area contributed by atoms with Crippen molar-refractivity contribution < 1.29 is 22.7 Å². The second-order valence-electron chi connectivity index (χ2n) is 7.87. The quantitative estimate of drug-likeness (QED) is 0.438. The van der Waals surface area contributed by atoms with E-state index in [1.54, 1.807) is 12.1 Å². The number of hydrogen-bond donors (Lipinski definition) is 3. The van der Waals surface area contributed by atoms with Gasteiger partial charge in [-0.15, -0.1) is 0 Å². The van der Waals surface area contributed by atoms with Crippen molar-refractivity contribution in [1.29, 1.82) is 0 Å². The van der Waals surface area contributed by atoms with Crippen molar-refractivity contribution in [1.82, 2.24) is 19.9 Å². The number of rotatable bonds is 4. The minimum atomic E-state index is -4.63. The van der Waals surface area contributed by atoms with Gasteiger partial charge in [0.05, 0.1) is 28.5 Å². The van der Waals surface area contributed by atoms with Gasteiger partial charge in [0.1, 0.15) is 5.56 Å². The number of amides is 1. The molecule has 4 rings (SSSR count). The van der Waals surface area contributed by atoms with E-state index in [0.29, 0.717) is 21.1 Å². The molecule has 1 aliphatic rings. The fourth-order valence-electron chi connectivity index (χ4n) is 3.95. The highest BCUT2D eigenvalue weighted by atomic mass is 79.9. The largest absolute Gasteiger partial charge is 0.453 e. The molecule has 0 bridgehead atoms. The molecular weight excluding hydrogens is 505 g/mol. The number of aromatic nitrogens is 3. The molecule has 1 atom stereocenters. The number of likely N-dealkylation sites (tertiary alicyclic amines) is 1. The van der Waals surface area contributed by atoms with Crippen LogP contribution in [0.4, 0.5) is 29.6 Å². The van der Waals surface area contributed by atoms with Crippen LogP contribution in [0, 0.1) is 0 Å². The average molecular weight is 527 g/mol. The number of fused-ring (bicyclic) bond motifs is 1. The van der Waals surface area contributed by atoms with Crippen molar-refractivity contribution in [2.75, 3.05) is 37.9 Å². The van der Waals surface area contributed by atoms with Crippen LogP contribution in [-0.4, -0.2) is 59.2 Å². The molecule has 8 nitrogen and oxygen atoms in total. The van der Waals surface area contributed by atoms with Gasteiger partial charge < -0.3 is 19.9 Å². The Hall–Kier alpha value is -2.86. The summed E-state index contributed by atoms with van der Waals surface area (Å²) >= 11 is 3.40. The Balaban J connectivity index is 1.76. The Morgan fingerprint density at radius 3 is 2.85 bits per heavy atom. The van der Waals surface area contributed by atoms with E-state index in [-0.39, 0.29) is 23.2 Å². The van der Waals surface area contributed by atoms with Crippen LogP contribution in [0.25, 0.3) is 22.2 Å². The van der Waals surface area contributed by atoms with Gasteiger partial charge in [-0.1, -0.05) is 6.07 Å². The van der Waals surface area contributed by atoms with E-state index in [1.165, 1.54) is 13.3 Å². The van der Waals surface area contributed by atoms with Crippen LogP contribution in [0.5, 0.6) is 0 Å². The molecular formula is C21H22BrF3N6O2. The highest BCUT2D eigenvalue weighted by Crippen LogP contribution is 2.41. The van der Waals surface area contributed by atoms with Crippen LogP contribution in [0.3, 0.4) is 0 Å². The summed E-state index contributed by atoms with van der Waals surface area (Å²) in [5, 5.41) is 6.23. The van der Waals surface area contributed by atoms with Crippen LogP contribution in [0.1, 0.15) is 18.4 Å². The number of benzene rings is 1. The summed E-state index contributed by atoms with van der Waals surface area (Å²) in [5.74, 6) is 0.149. The van der Waals surface area contributed by atoms with Crippen molar-refractivity contribution in [3.63, 3.8) is 0 Å². The maximum Gasteiger partial charge on any atom is 0.419 e. The lowest BCUT2D eigenvalue weighted by Crippen LogP contribution is -2.40. The summed E-state index contributed by atoms with van der Waals surface area (Å²) in [6.45, 7) is 1.74. The average Bonchev–Trinajstić information content (AvgIpc) is 3.19. The number of hydrogen-bond acceptors (Lipinski definition) is 6. The highest BCUT2D eigenvalue weighted by Gasteiger charge is 2.36. The zero-order valence-electron chi connectivity index (χ0n) is 17.9. The number of aromatic amines is 1. The van der Waals surface area contributed by atoms with Crippen LogP contribution in [0.2, 0.25) is 0 Å². The highest BCUT2D eigenvalue weighted by molar-refractivity contribution is 9.10. The molecule has 1 aromatic carbocycles. The standard InChI is InChI=1S/C21H22BrF3N6O2/c1-31-7-3-4-11(10-31)28-19-27-9-14(21(23,24)25)17(30-19)13-8-26-18-12(13)5-6-15(16(18)22)29-20(32)33-2/h5-6,8-9,11,26H,3-4,7,10H2,1-2H3,(H,29,32)(H,27,28,30)/t11-/m0/s1. The fraction of sp³-hybridized carbons (Fsp3) is 0.381. The molecule has 12 heteroatoms. The first kappa shape index (κ1) is 23.3. The molecule has 0 unspecified atom stereocenters. The van der Waals surface area contributed by atoms with Crippen LogP contribution in [0.15, 0.2) is 29.0 Å². The molecule has 3 aromatic rings. The molecule has 1 saturated heterocycles. The molecule has 33 heavy (non-hydrogen) atoms. The smallest absolute Gasteiger partial charge is 0.419 e. The lowest BCUT2D eigenvalue weighted by Gasteiger charge is -2.30. The molecule has 0 spiro atoms. The van der Waals surface area contributed by atoms with Gasteiger partial charge in [0.25, 0.3) is 0 Å². The van der Waals surface area contributed by atoms with E-state index in [0.717, 1.165) is 32.1 Å². The zero-order chi connectivity index (χ0) is 23.8. The Morgan fingerprint density at radius 2 is 2.15 bits per heavy atom. The van der Waals surface area contributed by atoms with Crippen molar-refractivity contribution in [2.24, 2.45) is 0 Å². The maximum absolute atomic E-state index is 13.8. The van der Waals surface area contributed by atoms with Crippen molar-refractivity contribution in [2.45, 2.75) is 25.1 Å². The van der Waals surface area contributed by atoms with E-state index in [2.05, 4.69) is 51.2 Å². The van der Waals surface area contributed by atoms with Gasteiger partial charge in [-0.25, -0.2) is 14.8 Å². The molecule has 176 valence electrons. The summed E-state index contributed by atoms with van der Waals surface area (Å²) in [5.41, 5.74) is 0.0340. The van der Waals surface area contributed by atoms with Gasteiger partial charge in [-0.2, -0.15) is 13.2 Å². The number of carbonyl (C=O) groups excluding carboxylic acids is 1. The van der Waals surface area contributed by atoms with Gasteiger partial charge in [0.2, 0.25) is 5.95 Å². The van der Waals surface area contributed by atoms with Crippen LogP contribution in [-0.2, 0) is 10.9 Å². The number of H-pyrrole nitrogens is 1. The minimum Gasteiger partial charge on any atom is -0.453 e. The second kappa shape index (κ2) is 9.18. The van der Waals surface area contributed by atoms with E-state index in [9.17, 15) is 18.0 Å². The number of methoxy groups -OCH3 is 1. The van der Waals surface area contributed by atoms with Gasteiger partial charge >= 0.3 is 12.3 Å². The lowest BCUT2D eigenvalue weighted by molar-refractivity contribution is -0.137. The normalized spacial score (nSPS) is 17.2. The molecule has 1 amide bonds. The molecule has 1 fully saturated rings. The number of ether oxygens (including phenoxy) is 1. The SMILES string of the molecule is COC(=O)Nc1ccc2c(-c3nc(N[C@H]4CCCN(C)C4)ncc3C(F)(F)F)c[nH]c2c1Br. The number of carbonyl (C=O) groups is 1. The van der Waals surface area contributed by atoms with Crippen molar-refractivity contribution in [3.05, 3.63) is 34.6 Å². The predicted octanol–water partition coefficient (Wildman–Crippen LogP) is 5.09. The van der Waals surface area contributed by atoms with E-state index in [4.69, 9.17) is 0 Å². The second-order valence-corrected chi connectivity index (χ2v) is 8.66. The predicted molar refractivity (Wildman–Crippen MR) is 122 cm³/mol. The Morgan fingerprint density at radius 1 is 1.36 bits per heavy atom. The van der Waals surface area contributed by atoms with Gasteiger partial charge in [-0.3, -0.25) is 5.32 Å². The third-order valence-corrected chi connectivity index (χ3v) is 6.35. The molecule has 1 aliphatic heterocycles. The van der Waals surface area contributed by atoms with Crippen molar-refractivity contribution in [3.8, 4) is 11.3 Å².